The summed E-state index contributed by atoms with van der Waals surface area (Å²) >= 11 is 0. The van der Waals surface area contributed by atoms with E-state index in [1.165, 1.54) is 22.1 Å². The lowest BCUT2D eigenvalue weighted by Gasteiger charge is -2.48. The molecule has 2 aromatic carbocycles. The lowest BCUT2D eigenvalue weighted by atomic mass is 10.1. The van der Waals surface area contributed by atoms with Crippen molar-refractivity contribution in [3.63, 3.8) is 0 Å². The minimum atomic E-state index is -1.56. The molecule has 88 valence electrons. The van der Waals surface area contributed by atoms with Crippen molar-refractivity contribution < 1.29 is 0 Å². The van der Waals surface area contributed by atoms with Crippen LogP contribution < -0.4 is 9.13 Å². The highest BCUT2D eigenvalue weighted by Crippen LogP contribution is 2.42. The van der Waals surface area contributed by atoms with E-state index in [-0.39, 0.29) is 0 Å². The van der Waals surface area contributed by atoms with Gasteiger partial charge in [0.2, 0.25) is 0 Å². The summed E-state index contributed by atoms with van der Waals surface area (Å²) in [5.74, 6) is 0. The molecular weight excluding hydrogens is 224 g/mol. The fourth-order valence-corrected chi connectivity index (χ4v) is 4.68. The number of hydrogen-bond acceptors (Lipinski definition) is 2. The standard InChI is InChI=1S/C14H18N2Si/c1-15-12-9-5-7-11-8-6-10-13(14(11)12)16(2)17(15,3)4/h5-10H,1-4H3. The molecular formula is C14H18N2Si. The predicted molar refractivity (Wildman–Crippen MR) is 78.2 cm³/mol. The molecule has 0 bridgehead atoms. The van der Waals surface area contributed by atoms with E-state index in [1.807, 2.05) is 0 Å². The Kier molecular flexibility index (Phi) is 2.04. The molecule has 3 heteroatoms. The zero-order valence-corrected chi connectivity index (χ0v) is 11.9. The van der Waals surface area contributed by atoms with E-state index in [4.69, 9.17) is 0 Å². The van der Waals surface area contributed by atoms with Crippen LogP contribution in [0.15, 0.2) is 36.4 Å². The van der Waals surface area contributed by atoms with Crippen LogP contribution >= 0.6 is 0 Å². The highest BCUT2D eigenvalue weighted by Gasteiger charge is 2.38. The molecule has 1 aliphatic heterocycles. The van der Waals surface area contributed by atoms with E-state index in [1.54, 1.807) is 0 Å². The van der Waals surface area contributed by atoms with Crippen molar-refractivity contribution in [2.45, 2.75) is 13.1 Å². The monoisotopic (exact) mass is 242 g/mol. The van der Waals surface area contributed by atoms with Crippen molar-refractivity contribution in [3.8, 4) is 0 Å². The highest BCUT2D eigenvalue weighted by molar-refractivity contribution is 6.85. The smallest absolute Gasteiger partial charge is 0.257 e. The van der Waals surface area contributed by atoms with E-state index in [9.17, 15) is 0 Å². The van der Waals surface area contributed by atoms with E-state index in [0.717, 1.165) is 0 Å². The molecule has 0 saturated heterocycles. The molecule has 0 aliphatic carbocycles. The molecule has 0 unspecified atom stereocenters. The van der Waals surface area contributed by atoms with Gasteiger partial charge in [0.15, 0.2) is 0 Å². The average molecular weight is 242 g/mol. The molecule has 3 rings (SSSR count). The summed E-state index contributed by atoms with van der Waals surface area (Å²) in [5.41, 5.74) is 2.76. The minimum absolute atomic E-state index is 1.34. The highest BCUT2D eigenvalue weighted by atomic mass is 28.3. The second-order valence-corrected chi connectivity index (χ2v) is 9.60. The maximum atomic E-state index is 2.49. The molecule has 1 aliphatic rings. The van der Waals surface area contributed by atoms with Crippen LogP contribution in [-0.4, -0.2) is 22.5 Å². The van der Waals surface area contributed by atoms with Gasteiger partial charge in [-0.1, -0.05) is 24.3 Å². The van der Waals surface area contributed by atoms with Gasteiger partial charge in [-0.3, -0.25) is 0 Å². The SMILES string of the molecule is CN1c2cccc3cccc(c23)N(C)[Si]1(C)C. The van der Waals surface area contributed by atoms with E-state index < -0.39 is 8.40 Å². The molecule has 1 heterocycles. The third-order valence-corrected chi connectivity index (χ3v) is 7.99. The van der Waals surface area contributed by atoms with Crippen molar-refractivity contribution in [2.75, 3.05) is 23.2 Å². The van der Waals surface area contributed by atoms with Gasteiger partial charge in [-0.25, -0.2) is 0 Å². The zero-order valence-electron chi connectivity index (χ0n) is 10.9. The van der Waals surface area contributed by atoms with Crippen LogP contribution in [-0.2, 0) is 0 Å². The van der Waals surface area contributed by atoms with Gasteiger partial charge >= 0.3 is 0 Å². The topological polar surface area (TPSA) is 6.48 Å². The lowest BCUT2D eigenvalue weighted by Crippen LogP contribution is -2.61. The summed E-state index contributed by atoms with van der Waals surface area (Å²) in [6.07, 6.45) is 0. The summed E-state index contributed by atoms with van der Waals surface area (Å²) in [6.45, 7) is 4.78. The fourth-order valence-electron chi connectivity index (χ4n) is 2.68. The molecule has 0 aromatic heterocycles. The van der Waals surface area contributed by atoms with Crippen molar-refractivity contribution in [2.24, 2.45) is 0 Å². The molecule has 2 aromatic rings. The minimum Gasteiger partial charge on any atom is -0.383 e. The van der Waals surface area contributed by atoms with Gasteiger partial charge in [0, 0.05) is 16.8 Å². The molecule has 2 nitrogen and oxygen atoms in total. The number of benzene rings is 2. The van der Waals surface area contributed by atoms with Gasteiger partial charge < -0.3 is 9.13 Å². The van der Waals surface area contributed by atoms with Crippen LogP contribution in [0.1, 0.15) is 0 Å². The zero-order chi connectivity index (χ0) is 12.2. The van der Waals surface area contributed by atoms with Crippen LogP contribution in [0.4, 0.5) is 11.4 Å². The number of anilines is 2. The van der Waals surface area contributed by atoms with Gasteiger partial charge in [-0.2, -0.15) is 0 Å². The predicted octanol–water partition coefficient (Wildman–Crippen LogP) is 3.43. The summed E-state index contributed by atoms with van der Waals surface area (Å²) < 4.78 is 4.98. The van der Waals surface area contributed by atoms with Crippen molar-refractivity contribution in [1.82, 2.24) is 0 Å². The lowest BCUT2D eigenvalue weighted by molar-refractivity contribution is 1.13. The first-order valence-electron chi connectivity index (χ1n) is 6.03. The maximum Gasteiger partial charge on any atom is 0.257 e. The first kappa shape index (κ1) is 10.7. The summed E-state index contributed by atoms with van der Waals surface area (Å²) in [5, 5.41) is 2.73. The second-order valence-electron chi connectivity index (χ2n) is 5.26. The van der Waals surface area contributed by atoms with E-state index >= 15 is 0 Å². The van der Waals surface area contributed by atoms with Crippen molar-refractivity contribution in [1.29, 1.82) is 0 Å². The normalized spacial score (nSPS) is 17.6. The van der Waals surface area contributed by atoms with Crippen molar-refractivity contribution >= 4 is 30.5 Å². The fraction of sp³-hybridized carbons (Fsp3) is 0.286. The second kappa shape index (κ2) is 3.26. The number of rotatable bonds is 0. The van der Waals surface area contributed by atoms with Gasteiger partial charge in [0.1, 0.15) is 0 Å². The molecule has 17 heavy (non-hydrogen) atoms. The summed E-state index contributed by atoms with van der Waals surface area (Å²) in [7, 11) is 2.90. The third kappa shape index (κ3) is 1.26. The van der Waals surface area contributed by atoms with Crippen LogP contribution in [0.5, 0.6) is 0 Å². The first-order chi connectivity index (χ1) is 8.03. The van der Waals surface area contributed by atoms with E-state index in [0.29, 0.717) is 0 Å². The third-order valence-electron chi connectivity index (χ3n) is 4.23. The quantitative estimate of drug-likeness (QED) is 0.653. The van der Waals surface area contributed by atoms with Gasteiger partial charge in [-0.15, -0.1) is 0 Å². The van der Waals surface area contributed by atoms with Gasteiger partial charge in [-0.05, 0) is 44.7 Å². The van der Waals surface area contributed by atoms with Crippen LogP contribution in [0.25, 0.3) is 10.8 Å². The Bertz CT molecular complexity index is 545. The Hall–Kier alpha value is -1.48. The molecule has 0 amide bonds. The Labute approximate surface area is 104 Å². The largest absolute Gasteiger partial charge is 0.383 e. The average Bonchev–Trinajstić information content (AvgIpc) is 2.34. The van der Waals surface area contributed by atoms with Gasteiger partial charge in [0.05, 0.1) is 0 Å². The molecule has 0 radical (unpaired) electrons. The summed E-state index contributed by atoms with van der Waals surface area (Å²) in [4.78, 5) is 0. The van der Waals surface area contributed by atoms with Crippen LogP contribution in [0.3, 0.4) is 0 Å². The van der Waals surface area contributed by atoms with Crippen LogP contribution in [0.2, 0.25) is 13.1 Å². The molecule has 0 atom stereocenters. The van der Waals surface area contributed by atoms with E-state index in [2.05, 4.69) is 72.7 Å². The molecule has 0 spiro atoms. The Morgan fingerprint density at radius 1 is 0.824 bits per heavy atom. The molecule has 0 saturated carbocycles. The maximum absolute atomic E-state index is 2.49. The Morgan fingerprint density at radius 3 is 1.76 bits per heavy atom. The Balaban J connectivity index is 2.44. The van der Waals surface area contributed by atoms with Crippen LogP contribution in [0, 0.1) is 0 Å². The summed E-state index contributed by atoms with van der Waals surface area (Å²) in [6, 6.07) is 13.2. The Morgan fingerprint density at radius 2 is 1.29 bits per heavy atom. The van der Waals surface area contributed by atoms with Crippen molar-refractivity contribution in [3.05, 3.63) is 36.4 Å². The molecule has 0 fully saturated rings. The molecule has 0 N–H and O–H groups in total. The number of hydrogen-bond donors (Lipinski definition) is 0. The van der Waals surface area contributed by atoms with Gasteiger partial charge in [0.25, 0.3) is 8.40 Å². The number of nitrogens with zero attached hydrogens (tertiary/aromatic N) is 2. The first-order valence-corrected chi connectivity index (χ1v) is 8.92.